The largest absolute Gasteiger partial charge is 0.388 e. The zero-order valence-electron chi connectivity index (χ0n) is 12.9. The minimum Gasteiger partial charge on any atom is -0.388 e. The zero-order valence-corrected chi connectivity index (χ0v) is 12.9. The van der Waals surface area contributed by atoms with Gasteiger partial charge in [-0.3, -0.25) is 4.79 Å². The van der Waals surface area contributed by atoms with Crippen LogP contribution in [0.1, 0.15) is 46.0 Å². The van der Waals surface area contributed by atoms with Crippen LogP contribution in [-0.2, 0) is 14.3 Å². The Bertz CT molecular complexity index is 364. The van der Waals surface area contributed by atoms with Crippen molar-refractivity contribution in [1.82, 2.24) is 5.32 Å². The number of hydrogen-bond acceptors (Lipinski definition) is 5. The van der Waals surface area contributed by atoms with Crippen molar-refractivity contribution in [2.24, 2.45) is 0 Å². The summed E-state index contributed by atoms with van der Waals surface area (Å²) in [6, 6.07) is -0.548. The van der Waals surface area contributed by atoms with Gasteiger partial charge in [-0.15, -0.1) is 0 Å². The second kappa shape index (κ2) is 7.05. The van der Waals surface area contributed by atoms with E-state index in [1.54, 1.807) is 0 Å². The zero-order chi connectivity index (χ0) is 15.5. The predicted octanol–water partition coefficient (Wildman–Crippen LogP) is 0.351. The molecule has 2 fully saturated rings. The van der Waals surface area contributed by atoms with Crippen LogP contribution in [0.25, 0.3) is 0 Å². The molecule has 2 heterocycles. The second-order valence-electron chi connectivity index (χ2n) is 6.18. The molecule has 21 heavy (non-hydrogen) atoms. The summed E-state index contributed by atoms with van der Waals surface area (Å²) in [5.74, 6) is -0.231. The van der Waals surface area contributed by atoms with Crippen LogP contribution in [0, 0.1) is 0 Å². The monoisotopic (exact) mass is 301 g/mol. The number of rotatable bonds is 7. The Morgan fingerprint density at radius 2 is 2.19 bits per heavy atom. The van der Waals surface area contributed by atoms with Crippen molar-refractivity contribution < 1.29 is 24.5 Å². The van der Waals surface area contributed by atoms with Gasteiger partial charge in [0.2, 0.25) is 5.91 Å². The molecule has 0 aromatic rings. The minimum atomic E-state index is -1.04. The number of aliphatic hydroxyl groups is 2. The fraction of sp³-hybridized carbons (Fsp3) is 0.933. The van der Waals surface area contributed by atoms with Crippen LogP contribution in [0.2, 0.25) is 0 Å². The lowest BCUT2D eigenvalue weighted by molar-refractivity contribution is -0.225. The number of carbonyl (C=O) groups excluding carboxylic acids is 1. The van der Waals surface area contributed by atoms with E-state index in [1.165, 1.54) is 6.92 Å². The Balaban J connectivity index is 1.92. The normalized spacial score (nSPS) is 38.5. The first-order valence-electron chi connectivity index (χ1n) is 7.89. The Labute approximate surface area is 125 Å². The summed E-state index contributed by atoms with van der Waals surface area (Å²) < 4.78 is 11.6. The van der Waals surface area contributed by atoms with Gasteiger partial charge in [0, 0.05) is 13.5 Å². The molecule has 2 rings (SSSR count). The molecule has 6 nitrogen and oxygen atoms in total. The molecule has 2 bridgehead atoms. The maximum absolute atomic E-state index is 11.2. The summed E-state index contributed by atoms with van der Waals surface area (Å²) in [6.07, 6.45) is 2.26. The summed E-state index contributed by atoms with van der Waals surface area (Å²) >= 11 is 0. The molecule has 2 aliphatic heterocycles. The Morgan fingerprint density at radius 1 is 1.43 bits per heavy atom. The van der Waals surface area contributed by atoms with Gasteiger partial charge in [0.1, 0.15) is 17.8 Å². The first-order chi connectivity index (χ1) is 10.00. The molecule has 0 unspecified atom stereocenters. The molecule has 122 valence electrons. The number of amides is 1. The number of fused-ring (bicyclic) bond motifs is 2. The highest BCUT2D eigenvalue weighted by Crippen LogP contribution is 2.42. The van der Waals surface area contributed by atoms with Crippen LogP contribution in [0.4, 0.5) is 0 Å². The molecular weight excluding hydrogens is 274 g/mol. The molecule has 0 saturated carbocycles. The van der Waals surface area contributed by atoms with E-state index in [0.29, 0.717) is 19.4 Å². The highest BCUT2D eigenvalue weighted by molar-refractivity contribution is 5.73. The van der Waals surface area contributed by atoms with Crippen molar-refractivity contribution in [1.29, 1.82) is 0 Å². The first-order valence-corrected chi connectivity index (χ1v) is 7.89. The van der Waals surface area contributed by atoms with E-state index in [-0.39, 0.29) is 18.6 Å². The third-order valence-corrected chi connectivity index (χ3v) is 4.48. The summed E-state index contributed by atoms with van der Waals surface area (Å²) in [5.41, 5.74) is -0.828. The fourth-order valence-corrected chi connectivity index (χ4v) is 3.31. The number of unbranched alkanes of at least 4 members (excludes halogenated alkanes) is 2. The van der Waals surface area contributed by atoms with Crippen molar-refractivity contribution in [3.8, 4) is 0 Å². The summed E-state index contributed by atoms with van der Waals surface area (Å²) in [7, 11) is 0. The third-order valence-electron chi connectivity index (χ3n) is 4.48. The number of hydrogen-bond donors (Lipinski definition) is 3. The smallest absolute Gasteiger partial charge is 0.217 e. The van der Waals surface area contributed by atoms with Crippen LogP contribution in [0.5, 0.6) is 0 Å². The van der Waals surface area contributed by atoms with E-state index in [4.69, 9.17) is 9.47 Å². The van der Waals surface area contributed by atoms with Crippen LogP contribution in [0.15, 0.2) is 0 Å². The summed E-state index contributed by atoms with van der Waals surface area (Å²) in [6.45, 7) is 4.46. The lowest BCUT2D eigenvalue weighted by Gasteiger charge is -2.44. The Morgan fingerprint density at radius 3 is 2.86 bits per heavy atom. The molecule has 0 radical (unpaired) electrons. The Hall–Kier alpha value is -0.690. The van der Waals surface area contributed by atoms with Gasteiger partial charge in [0.05, 0.1) is 18.8 Å². The van der Waals surface area contributed by atoms with Gasteiger partial charge in [0.15, 0.2) is 0 Å². The highest BCUT2D eigenvalue weighted by atomic mass is 16.6. The van der Waals surface area contributed by atoms with Crippen molar-refractivity contribution >= 4 is 5.91 Å². The average molecular weight is 301 g/mol. The standard InChI is InChI=1S/C15H27NO5/c1-3-4-5-8-20-9-15-7-6-11(21-15)12(16-10(2)17)13(18)14(15)19/h11-14,18-19H,3-9H2,1-2H3,(H,16,17)/t11-,12+,13-,14-,15-/m1/s1. The van der Waals surface area contributed by atoms with Crippen LogP contribution in [-0.4, -0.2) is 59.3 Å². The van der Waals surface area contributed by atoms with Gasteiger partial charge in [0.25, 0.3) is 0 Å². The molecule has 2 aliphatic rings. The van der Waals surface area contributed by atoms with Crippen molar-refractivity contribution in [2.75, 3.05) is 13.2 Å². The van der Waals surface area contributed by atoms with E-state index in [1.807, 2.05) is 0 Å². The molecule has 0 aliphatic carbocycles. The van der Waals surface area contributed by atoms with Crippen LogP contribution < -0.4 is 5.32 Å². The first kappa shape index (κ1) is 16.7. The second-order valence-corrected chi connectivity index (χ2v) is 6.18. The maximum atomic E-state index is 11.2. The quantitative estimate of drug-likeness (QED) is 0.591. The van der Waals surface area contributed by atoms with Crippen molar-refractivity contribution in [3.63, 3.8) is 0 Å². The van der Waals surface area contributed by atoms with E-state index >= 15 is 0 Å². The van der Waals surface area contributed by atoms with Gasteiger partial charge in [-0.25, -0.2) is 0 Å². The molecular formula is C15H27NO5. The lowest BCUT2D eigenvalue weighted by Crippen LogP contribution is -2.65. The minimum absolute atomic E-state index is 0.231. The van der Waals surface area contributed by atoms with E-state index < -0.39 is 23.9 Å². The molecule has 6 heteroatoms. The van der Waals surface area contributed by atoms with Gasteiger partial charge in [-0.1, -0.05) is 19.8 Å². The maximum Gasteiger partial charge on any atom is 0.217 e. The van der Waals surface area contributed by atoms with Gasteiger partial charge in [-0.2, -0.15) is 0 Å². The topological polar surface area (TPSA) is 88.0 Å². The third kappa shape index (κ3) is 3.56. The molecule has 5 atom stereocenters. The fourth-order valence-electron chi connectivity index (χ4n) is 3.31. The summed E-state index contributed by atoms with van der Waals surface area (Å²) in [4.78, 5) is 11.2. The average Bonchev–Trinajstić information content (AvgIpc) is 2.84. The van der Waals surface area contributed by atoms with E-state index in [0.717, 1.165) is 19.3 Å². The SMILES string of the molecule is CCCCCOC[C@@]12CC[C@@H](O1)[C@H](NC(C)=O)[C@@H](O)[C@H]2O. The van der Waals surface area contributed by atoms with Gasteiger partial charge in [-0.05, 0) is 19.3 Å². The number of aliphatic hydroxyl groups excluding tert-OH is 2. The molecule has 0 spiro atoms. The number of nitrogens with one attached hydrogen (secondary N) is 1. The van der Waals surface area contributed by atoms with E-state index in [2.05, 4.69) is 12.2 Å². The van der Waals surface area contributed by atoms with E-state index in [9.17, 15) is 15.0 Å². The molecule has 0 aromatic heterocycles. The predicted molar refractivity (Wildman–Crippen MR) is 76.8 cm³/mol. The number of ether oxygens (including phenoxy) is 2. The van der Waals surface area contributed by atoms with Gasteiger partial charge >= 0.3 is 0 Å². The highest BCUT2D eigenvalue weighted by Gasteiger charge is 2.58. The molecule has 3 N–H and O–H groups in total. The van der Waals surface area contributed by atoms with Crippen molar-refractivity contribution in [2.45, 2.75) is 75.9 Å². The molecule has 1 amide bonds. The number of carbonyl (C=O) groups is 1. The van der Waals surface area contributed by atoms with Crippen LogP contribution in [0.3, 0.4) is 0 Å². The molecule has 2 saturated heterocycles. The van der Waals surface area contributed by atoms with Gasteiger partial charge < -0.3 is 25.0 Å². The van der Waals surface area contributed by atoms with Crippen molar-refractivity contribution in [3.05, 3.63) is 0 Å². The van der Waals surface area contributed by atoms with Crippen LogP contribution >= 0.6 is 0 Å². The lowest BCUT2D eigenvalue weighted by atomic mass is 9.88. The Kier molecular flexibility index (Phi) is 5.60. The molecule has 0 aromatic carbocycles. The summed E-state index contributed by atoms with van der Waals surface area (Å²) in [5, 5.41) is 23.3.